The SMILES string of the molecule is COC(=O)CCN1C2CC[C@@H]1C[C@H](C1CCC(Cl)CC1)C2C(=O)OC. The Bertz CT molecular complexity index is 492. The average molecular weight is 372 g/mol. The minimum absolute atomic E-state index is 0.0710. The van der Waals surface area contributed by atoms with Crippen molar-refractivity contribution in [2.45, 2.75) is 68.8 Å². The van der Waals surface area contributed by atoms with Gasteiger partial charge >= 0.3 is 11.9 Å². The summed E-state index contributed by atoms with van der Waals surface area (Å²) in [6, 6.07) is 0.684. The van der Waals surface area contributed by atoms with Crippen molar-refractivity contribution < 1.29 is 19.1 Å². The Morgan fingerprint density at radius 3 is 2.40 bits per heavy atom. The molecule has 2 heterocycles. The van der Waals surface area contributed by atoms with Crippen LogP contribution in [0.2, 0.25) is 0 Å². The fourth-order valence-electron chi connectivity index (χ4n) is 5.48. The number of hydrogen-bond acceptors (Lipinski definition) is 5. The topological polar surface area (TPSA) is 55.8 Å². The van der Waals surface area contributed by atoms with Gasteiger partial charge in [-0.15, -0.1) is 11.6 Å². The Morgan fingerprint density at radius 1 is 1.04 bits per heavy atom. The lowest BCUT2D eigenvalue weighted by molar-refractivity contribution is -0.155. The van der Waals surface area contributed by atoms with E-state index in [-0.39, 0.29) is 23.9 Å². The molecule has 3 aliphatic rings. The number of halogens is 1. The summed E-state index contributed by atoms with van der Waals surface area (Å²) in [6.45, 7) is 0.677. The molecule has 0 spiro atoms. The number of nitrogens with zero attached hydrogens (tertiary/aromatic N) is 1. The van der Waals surface area contributed by atoms with Gasteiger partial charge in [-0.05, 0) is 56.8 Å². The lowest BCUT2D eigenvalue weighted by Gasteiger charge is -2.47. The molecule has 2 unspecified atom stereocenters. The van der Waals surface area contributed by atoms with Gasteiger partial charge in [-0.1, -0.05) is 0 Å². The predicted molar refractivity (Wildman–Crippen MR) is 95.4 cm³/mol. The van der Waals surface area contributed by atoms with Crippen molar-refractivity contribution in [3.63, 3.8) is 0 Å². The highest BCUT2D eigenvalue weighted by molar-refractivity contribution is 6.20. The number of carbonyl (C=O) groups excluding carboxylic acids is 2. The molecule has 0 radical (unpaired) electrons. The van der Waals surface area contributed by atoms with Gasteiger partial charge in [-0.25, -0.2) is 0 Å². The molecule has 25 heavy (non-hydrogen) atoms. The van der Waals surface area contributed by atoms with E-state index in [1.807, 2.05) is 0 Å². The van der Waals surface area contributed by atoms with Crippen molar-refractivity contribution >= 4 is 23.5 Å². The largest absolute Gasteiger partial charge is 0.469 e. The monoisotopic (exact) mass is 371 g/mol. The molecule has 3 fully saturated rings. The molecule has 0 N–H and O–H groups in total. The van der Waals surface area contributed by atoms with Gasteiger partial charge in [-0.3, -0.25) is 14.5 Å². The quantitative estimate of drug-likeness (QED) is 0.549. The highest BCUT2D eigenvalue weighted by atomic mass is 35.5. The zero-order valence-electron chi connectivity index (χ0n) is 15.3. The Hall–Kier alpha value is -0.810. The maximum absolute atomic E-state index is 12.6. The van der Waals surface area contributed by atoms with Crippen LogP contribution in [0.5, 0.6) is 0 Å². The van der Waals surface area contributed by atoms with Crippen molar-refractivity contribution in [3.8, 4) is 0 Å². The van der Waals surface area contributed by atoms with Gasteiger partial charge in [-0.2, -0.15) is 0 Å². The summed E-state index contributed by atoms with van der Waals surface area (Å²) >= 11 is 6.28. The number of piperidine rings is 1. The molecule has 1 saturated carbocycles. The number of methoxy groups -OCH3 is 2. The predicted octanol–water partition coefficient (Wildman–Crippen LogP) is 2.99. The summed E-state index contributed by atoms with van der Waals surface area (Å²) in [7, 11) is 2.92. The second-order valence-electron chi connectivity index (χ2n) is 7.82. The molecule has 6 heteroatoms. The van der Waals surface area contributed by atoms with Crippen molar-refractivity contribution in [2.24, 2.45) is 17.8 Å². The zero-order valence-corrected chi connectivity index (χ0v) is 16.0. The first-order chi connectivity index (χ1) is 12.0. The van der Waals surface area contributed by atoms with Gasteiger partial charge in [0.1, 0.15) is 0 Å². The van der Waals surface area contributed by atoms with Crippen LogP contribution in [0.25, 0.3) is 0 Å². The number of carbonyl (C=O) groups is 2. The minimum Gasteiger partial charge on any atom is -0.469 e. The Morgan fingerprint density at radius 2 is 1.76 bits per heavy atom. The van der Waals surface area contributed by atoms with E-state index in [2.05, 4.69) is 4.90 Å². The molecule has 0 aromatic rings. The lowest BCUT2D eigenvalue weighted by Crippen LogP contribution is -2.54. The Balaban J connectivity index is 1.74. The summed E-state index contributed by atoms with van der Waals surface area (Å²) in [5.41, 5.74) is 0. The summed E-state index contributed by atoms with van der Waals surface area (Å²) in [5.74, 6) is 0.634. The minimum atomic E-state index is -0.184. The van der Waals surface area contributed by atoms with E-state index in [4.69, 9.17) is 21.1 Å². The highest BCUT2D eigenvalue weighted by Gasteiger charge is 2.52. The van der Waals surface area contributed by atoms with Gasteiger partial charge < -0.3 is 9.47 Å². The van der Waals surface area contributed by atoms with Crippen LogP contribution in [0, 0.1) is 17.8 Å². The Kier molecular flexibility index (Phi) is 6.26. The van der Waals surface area contributed by atoms with Crippen LogP contribution < -0.4 is 0 Å². The fourth-order valence-corrected chi connectivity index (χ4v) is 5.73. The number of esters is 2. The van der Waals surface area contributed by atoms with Crippen LogP contribution in [-0.2, 0) is 19.1 Å². The van der Waals surface area contributed by atoms with E-state index < -0.39 is 0 Å². The summed E-state index contributed by atoms with van der Waals surface area (Å²) < 4.78 is 9.98. The first-order valence-electron chi connectivity index (χ1n) is 9.59. The van der Waals surface area contributed by atoms with E-state index in [1.54, 1.807) is 0 Å². The van der Waals surface area contributed by atoms with Crippen molar-refractivity contribution in [3.05, 3.63) is 0 Å². The number of ether oxygens (including phenoxy) is 2. The molecule has 0 aromatic heterocycles. The molecule has 2 bridgehead atoms. The van der Waals surface area contributed by atoms with E-state index in [9.17, 15) is 9.59 Å². The van der Waals surface area contributed by atoms with Gasteiger partial charge in [0.05, 0.1) is 26.6 Å². The molecule has 1 aliphatic carbocycles. The van der Waals surface area contributed by atoms with Crippen LogP contribution in [0.4, 0.5) is 0 Å². The van der Waals surface area contributed by atoms with Gasteiger partial charge in [0, 0.05) is 24.0 Å². The van der Waals surface area contributed by atoms with Crippen LogP contribution in [0.1, 0.15) is 51.4 Å². The van der Waals surface area contributed by atoms with Crippen LogP contribution >= 0.6 is 11.6 Å². The lowest BCUT2D eigenvalue weighted by atomic mass is 9.68. The van der Waals surface area contributed by atoms with E-state index >= 15 is 0 Å². The normalized spacial score (nSPS) is 38.4. The summed E-state index contributed by atoms with van der Waals surface area (Å²) in [5, 5.41) is 0.296. The first kappa shape index (κ1) is 19.0. The molecule has 142 valence electrons. The number of hydrogen-bond donors (Lipinski definition) is 0. The molecule has 2 saturated heterocycles. The van der Waals surface area contributed by atoms with Crippen LogP contribution in [0.15, 0.2) is 0 Å². The average Bonchev–Trinajstić information content (AvgIpc) is 2.91. The van der Waals surface area contributed by atoms with Gasteiger partial charge in [0.15, 0.2) is 0 Å². The van der Waals surface area contributed by atoms with Gasteiger partial charge in [0.25, 0.3) is 0 Å². The van der Waals surface area contributed by atoms with E-state index in [0.717, 1.165) is 44.9 Å². The smallest absolute Gasteiger partial charge is 0.310 e. The third-order valence-electron chi connectivity index (χ3n) is 6.69. The molecule has 5 nitrogen and oxygen atoms in total. The molecule has 0 aromatic carbocycles. The summed E-state index contributed by atoms with van der Waals surface area (Å²) in [6.07, 6.45) is 7.90. The molecule has 4 atom stereocenters. The number of rotatable bonds is 5. The fraction of sp³-hybridized carbons (Fsp3) is 0.895. The second-order valence-corrected chi connectivity index (χ2v) is 8.44. The second kappa shape index (κ2) is 8.26. The van der Waals surface area contributed by atoms with Crippen LogP contribution in [0.3, 0.4) is 0 Å². The molecular formula is C19H30ClNO4. The van der Waals surface area contributed by atoms with Crippen molar-refractivity contribution in [1.29, 1.82) is 0 Å². The first-order valence-corrected chi connectivity index (χ1v) is 10.0. The molecule has 2 aliphatic heterocycles. The Labute approximate surface area is 155 Å². The van der Waals surface area contributed by atoms with E-state index in [0.29, 0.717) is 36.2 Å². The van der Waals surface area contributed by atoms with Gasteiger partial charge in [0.2, 0.25) is 0 Å². The molecule has 0 amide bonds. The summed E-state index contributed by atoms with van der Waals surface area (Å²) in [4.78, 5) is 26.6. The molecule has 3 rings (SSSR count). The third kappa shape index (κ3) is 3.97. The van der Waals surface area contributed by atoms with Crippen molar-refractivity contribution in [1.82, 2.24) is 4.90 Å². The molecular weight excluding hydrogens is 342 g/mol. The number of alkyl halides is 1. The van der Waals surface area contributed by atoms with Crippen LogP contribution in [-0.4, -0.2) is 55.1 Å². The standard InChI is InChI=1S/C19H30ClNO4/c1-24-17(22)9-10-21-14-7-8-16(21)18(19(23)25-2)15(11-14)12-3-5-13(20)6-4-12/h12-16,18H,3-11H2,1-2H3/t12?,13?,14-,15-,16?,18?/m1/s1. The van der Waals surface area contributed by atoms with E-state index in [1.165, 1.54) is 14.2 Å². The van der Waals surface area contributed by atoms with Crippen molar-refractivity contribution in [2.75, 3.05) is 20.8 Å². The third-order valence-corrected chi connectivity index (χ3v) is 7.13. The number of fused-ring (bicyclic) bond motifs is 2. The highest BCUT2D eigenvalue weighted by Crippen LogP contribution is 2.49. The maximum atomic E-state index is 12.6. The zero-order chi connectivity index (χ0) is 18.0. The maximum Gasteiger partial charge on any atom is 0.310 e.